The van der Waals surface area contributed by atoms with Crippen molar-refractivity contribution in [3.63, 3.8) is 0 Å². The van der Waals surface area contributed by atoms with E-state index in [4.69, 9.17) is 0 Å². The Morgan fingerprint density at radius 3 is 2.87 bits per heavy atom. The summed E-state index contributed by atoms with van der Waals surface area (Å²) in [6, 6.07) is 7.93. The van der Waals surface area contributed by atoms with E-state index < -0.39 is 0 Å². The Balaban J connectivity index is 1.42. The zero-order chi connectivity index (χ0) is 20.1. The molecule has 152 valence electrons. The van der Waals surface area contributed by atoms with Crippen LogP contribution in [0.3, 0.4) is 0 Å². The molecule has 0 spiro atoms. The van der Waals surface area contributed by atoms with Crippen molar-refractivity contribution in [2.24, 2.45) is 0 Å². The van der Waals surface area contributed by atoms with Crippen molar-refractivity contribution in [3.8, 4) is 0 Å². The summed E-state index contributed by atoms with van der Waals surface area (Å²) in [5.41, 5.74) is 4.39. The van der Waals surface area contributed by atoms with Gasteiger partial charge in [0.1, 0.15) is 6.33 Å². The lowest BCUT2D eigenvalue weighted by molar-refractivity contribution is 0.228. The normalized spacial score (nSPS) is 15.7. The predicted octanol–water partition coefficient (Wildman–Crippen LogP) is 3.60. The fourth-order valence-corrected chi connectivity index (χ4v) is 4.94. The fourth-order valence-electron chi connectivity index (χ4n) is 4.94. The Hall–Kier alpha value is -3.19. The van der Waals surface area contributed by atoms with Gasteiger partial charge in [-0.25, -0.2) is 4.98 Å². The molecule has 2 aromatic carbocycles. The molecular formula is C23H24N6O. The highest BCUT2D eigenvalue weighted by Gasteiger charge is 2.18. The lowest BCUT2D eigenvalue weighted by atomic mass is 10.0. The van der Waals surface area contributed by atoms with Crippen LogP contribution in [0.5, 0.6) is 0 Å². The molecule has 0 unspecified atom stereocenters. The van der Waals surface area contributed by atoms with Gasteiger partial charge in [-0.1, -0.05) is 6.42 Å². The first-order valence-corrected chi connectivity index (χ1v) is 10.8. The number of fused-ring (bicyclic) bond motifs is 4. The minimum atomic E-state index is 0.0362. The van der Waals surface area contributed by atoms with Crippen LogP contribution >= 0.6 is 0 Å². The zero-order valence-electron chi connectivity index (χ0n) is 16.8. The summed E-state index contributed by atoms with van der Waals surface area (Å²) < 4.78 is 2.03. The van der Waals surface area contributed by atoms with Gasteiger partial charge in [-0.3, -0.25) is 14.3 Å². The summed E-state index contributed by atoms with van der Waals surface area (Å²) in [6.45, 7) is 4.38. The number of anilines is 1. The largest absolute Gasteiger partial charge is 0.384 e. The third kappa shape index (κ3) is 2.65. The van der Waals surface area contributed by atoms with E-state index in [9.17, 15) is 4.79 Å². The van der Waals surface area contributed by atoms with Gasteiger partial charge in [-0.2, -0.15) is 5.10 Å². The van der Waals surface area contributed by atoms with Crippen LogP contribution in [0.2, 0.25) is 0 Å². The molecule has 0 radical (unpaired) electrons. The summed E-state index contributed by atoms with van der Waals surface area (Å²) in [5, 5.41) is 12.9. The second-order valence-electron chi connectivity index (χ2n) is 8.27. The first-order valence-electron chi connectivity index (χ1n) is 10.8. The maximum atomic E-state index is 13.7. The van der Waals surface area contributed by atoms with Gasteiger partial charge >= 0.3 is 0 Å². The number of nitrogens with zero attached hydrogens (tertiary/aromatic N) is 4. The van der Waals surface area contributed by atoms with Gasteiger partial charge < -0.3 is 10.2 Å². The van der Waals surface area contributed by atoms with Crippen molar-refractivity contribution in [3.05, 3.63) is 47.0 Å². The van der Waals surface area contributed by atoms with E-state index in [0.29, 0.717) is 10.8 Å². The van der Waals surface area contributed by atoms with Gasteiger partial charge in [0.25, 0.3) is 0 Å². The number of likely N-dealkylation sites (tertiary alicyclic amines) is 1. The van der Waals surface area contributed by atoms with Crippen LogP contribution in [0.15, 0.2) is 41.6 Å². The summed E-state index contributed by atoms with van der Waals surface area (Å²) >= 11 is 0. The fraction of sp³-hybridized carbons (Fsp3) is 0.348. The quantitative estimate of drug-likeness (QED) is 0.348. The standard InChI is InChI=1S/C23H24N6O/c30-23-20-15-13-26-27-16(15)7-8-19(20)29-14-25-18-6-5-17(21(23)22(18)29)24-9-4-12-28-10-2-1-3-11-28/h5-8,13-14,24H,1-4,9-12H2,(H,26,27). The van der Waals surface area contributed by atoms with Gasteiger partial charge in [-0.05, 0) is 63.2 Å². The second-order valence-corrected chi connectivity index (χ2v) is 8.27. The minimum Gasteiger partial charge on any atom is -0.384 e. The molecule has 0 atom stereocenters. The van der Waals surface area contributed by atoms with Crippen LogP contribution < -0.4 is 10.7 Å². The molecule has 30 heavy (non-hydrogen) atoms. The van der Waals surface area contributed by atoms with Gasteiger partial charge in [0.2, 0.25) is 0 Å². The minimum absolute atomic E-state index is 0.0362. The molecule has 2 N–H and O–H groups in total. The Kier molecular flexibility index (Phi) is 4.09. The molecule has 1 aliphatic heterocycles. The van der Waals surface area contributed by atoms with Crippen molar-refractivity contribution < 1.29 is 0 Å². The summed E-state index contributed by atoms with van der Waals surface area (Å²) in [6.07, 6.45) is 8.60. The zero-order valence-corrected chi connectivity index (χ0v) is 16.8. The molecule has 6 rings (SSSR count). The van der Waals surface area contributed by atoms with Crippen LogP contribution in [0.4, 0.5) is 5.69 Å². The lowest BCUT2D eigenvalue weighted by Crippen LogP contribution is -2.31. The number of aromatic amines is 1. The van der Waals surface area contributed by atoms with Crippen LogP contribution in [-0.4, -0.2) is 50.7 Å². The molecule has 1 aliphatic rings. The number of pyridine rings is 1. The number of hydrogen-bond acceptors (Lipinski definition) is 5. The SMILES string of the molecule is O=c1c2c(NCCCN3CCCCC3)ccc3ncn(c4ccc5[nH]ncc5c14)c32. The molecule has 0 bridgehead atoms. The van der Waals surface area contributed by atoms with Crippen molar-refractivity contribution in [1.29, 1.82) is 0 Å². The van der Waals surface area contributed by atoms with E-state index in [1.807, 2.05) is 35.0 Å². The van der Waals surface area contributed by atoms with E-state index in [0.717, 1.165) is 52.7 Å². The highest BCUT2D eigenvalue weighted by Crippen LogP contribution is 2.30. The van der Waals surface area contributed by atoms with Crippen molar-refractivity contribution in [2.45, 2.75) is 25.7 Å². The third-order valence-corrected chi connectivity index (χ3v) is 6.44. The van der Waals surface area contributed by atoms with Gasteiger partial charge in [0.15, 0.2) is 5.43 Å². The maximum absolute atomic E-state index is 13.7. The molecule has 1 fully saturated rings. The lowest BCUT2D eigenvalue weighted by Gasteiger charge is -2.26. The molecule has 7 nitrogen and oxygen atoms in total. The Labute approximate surface area is 173 Å². The molecule has 0 saturated carbocycles. The summed E-state index contributed by atoms with van der Waals surface area (Å²) in [4.78, 5) is 20.8. The number of benzene rings is 2. The van der Waals surface area contributed by atoms with Crippen molar-refractivity contribution in [1.82, 2.24) is 24.5 Å². The smallest absolute Gasteiger partial charge is 0.200 e. The Bertz CT molecular complexity index is 1410. The first kappa shape index (κ1) is 17.7. The van der Waals surface area contributed by atoms with Crippen molar-refractivity contribution >= 4 is 43.9 Å². The molecule has 4 heterocycles. The molecule has 7 heteroatoms. The van der Waals surface area contributed by atoms with Gasteiger partial charge in [0, 0.05) is 17.6 Å². The van der Waals surface area contributed by atoms with E-state index in [1.54, 1.807) is 6.20 Å². The second kappa shape index (κ2) is 6.95. The molecule has 1 saturated heterocycles. The van der Waals surface area contributed by atoms with Crippen LogP contribution in [0.25, 0.3) is 38.2 Å². The number of piperidine rings is 1. The molecular weight excluding hydrogens is 376 g/mol. The van der Waals surface area contributed by atoms with Crippen LogP contribution in [0.1, 0.15) is 25.7 Å². The number of rotatable bonds is 5. The number of H-pyrrole nitrogens is 1. The van der Waals surface area contributed by atoms with E-state index in [-0.39, 0.29) is 5.43 Å². The van der Waals surface area contributed by atoms with Gasteiger partial charge in [-0.15, -0.1) is 0 Å². The summed E-state index contributed by atoms with van der Waals surface area (Å²) in [7, 11) is 0. The van der Waals surface area contributed by atoms with Gasteiger partial charge in [0.05, 0.1) is 39.0 Å². The molecule has 0 aliphatic carbocycles. The molecule has 3 aromatic heterocycles. The first-order chi connectivity index (χ1) is 14.8. The highest BCUT2D eigenvalue weighted by atomic mass is 16.1. The monoisotopic (exact) mass is 400 g/mol. The average Bonchev–Trinajstić information content (AvgIpc) is 3.43. The topological polar surface area (TPSA) is 78.3 Å². The average molecular weight is 400 g/mol. The maximum Gasteiger partial charge on any atom is 0.200 e. The predicted molar refractivity (Wildman–Crippen MR) is 121 cm³/mol. The Morgan fingerprint density at radius 2 is 1.97 bits per heavy atom. The Morgan fingerprint density at radius 1 is 1.07 bits per heavy atom. The summed E-state index contributed by atoms with van der Waals surface area (Å²) in [5.74, 6) is 0. The number of imidazole rings is 1. The molecule has 5 aromatic rings. The van der Waals surface area contributed by atoms with Crippen LogP contribution in [0, 0.1) is 0 Å². The molecule has 0 amide bonds. The van der Waals surface area contributed by atoms with Crippen molar-refractivity contribution in [2.75, 3.05) is 31.5 Å². The highest BCUT2D eigenvalue weighted by molar-refractivity contribution is 6.13. The number of aromatic nitrogens is 4. The van der Waals surface area contributed by atoms with Crippen LogP contribution in [-0.2, 0) is 0 Å². The third-order valence-electron chi connectivity index (χ3n) is 6.44. The van der Waals surface area contributed by atoms with E-state index in [2.05, 4.69) is 25.4 Å². The van der Waals surface area contributed by atoms with E-state index in [1.165, 1.54) is 32.4 Å². The number of nitrogens with one attached hydrogen (secondary N) is 2. The number of hydrogen-bond donors (Lipinski definition) is 2. The van der Waals surface area contributed by atoms with E-state index >= 15 is 0 Å².